The van der Waals surface area contributed by atoms with Crippen molar-refractivity contribution in [2.75, 3.05) is 26.1 Å². The van der Waals surface area contributed by atoms with Gasteiger partial charge in [-0.1, -0.05) is 18.2 Å². The highest BCUT2D eigenvalue weighted by Gasteiger charge is 2.87. The number of alkyl halides is 11. The Balaban J connectivity index is 3.39. The Hall–Kier alpha value is -1.79. The fourth-order valence-corrected chi connectivity index (χ4v) is 2.45. The van der Waals surface area contributed by atoms with Crippen molar-refractivity contribution in [1.82, 2.24) is 0 Å². The molecule has 0 saturated carbocycles. The van der Waals surface area contributed by atoms with Gasteiger partial charge in [0, 0.05) is 38.9 Å². The van der Waals surface area contributed by atoms with Crippen LogP contribution in [0.3, 0.4) is 0 Å². The standard InChI is InChI=1S/C16H16F11NO/c1-28(2)10-7-5-4-6-9(10)11(29-3)8-12(17,18)13(19,20)14(21,22)15(23,24)16(25,26)27/h4-7,11H,8H2,1-3H3. The summed E-state index contributed by atoms with van der Waals surface area (Å²) >= 11 is 0. The molecule has 1 aromatic carbocycles. The first-order chi connectivity index (χ1) is 12.8. The van der Waals surface area contributed by atoms with Crippen LogP contribution in [0.15, 0.2) is 24.3 Å². The lowest BCUT2D eigenvalue weighted by Crippen LogP contribution is -2.66. The van der Waals surface area contributed by atoms with E-state index in [9.17, 15) is 48.3 Å². The lowest BCUT2D eigenvalue weighted by atomic mass is 9.92. The predicted octanol–water partition coefficient (Wildman–Crippen LogP) is 5.93. The summed E-state index contributed by atoms with van der Waals surface area (Å²) < 4.78 is 149. The monoisotopic (exact) mass is 447 g/mol. The maximum Gasteiger partial charge on any atom is 0.460 e. The fourth-order valence-electron chi connectivity index (χ4n) is 2.45. The Labute approximate surface area is 158 Å². The van der Waals surface area contributed by atoms with E-state index in [1.165, 1.54) is 37.2 Å². The number of ether oxygens (including phenoxy) is 1. The van der Waals surface area contributed by atoms with Crippen LogP contribution in [-0.2, 0) is 4.74 Å². The van der Waals surface area contributed by atoms with Crippen molar-refractivity contribution in [3.05, 3.63) is 29.8 Å². The van der Waals surface area contributed by atoms with Crippen LogP contribution in [0.2, 0.25) is 0 Å². The second-order valence-electron chi connectivity index (χ2n) is 6.31. The smallest absolute Gasteiger partial charge is 0.377 e. The number of hydrogen-bond acceptors (Lipinski definition) is 2. The van der Waals surface area contributed by atoms with Crippen LogP contribution < -0.4 is 4.90 Å². The first-order valence-electron chi connectivity index (χ1n) is 7.72. The molecule has 0 aliphatic rings. The molecule has 0 bridgehead atoms. The van der Waals surface area contributed by atoms with Gasteiger partial charge in [-0.3, -0.25) is 0 Å². The predicted molar refractivity (Wildman–Crippen MR) is 81.0 cm³/mol. The third-order valence-corrected chi connectivity index (χ3v) is 4.10. The lowest BCUT2D eigenvalue weighted by Gasteiger charge is -2.38. The van der Waals surface area contributed by atoms with Crippen LogP contribution in [-0.4, -0.2) is 51.1 Å². The Kier molecular flexibility index (Phi) is 6.79. The summed E-state index contributed by atoms with van der Waals surface area (Å²) in [5.74, 6) is -27.9. The first kappa shape index (κ1) is 25.2. The molecule has 1 aromatic rings. The van der Waals surface area contributed by atoms with Gasteiger partial charge >= 0.3 is 29.9 Å². The van der Waals surface area contributed by atoms with Crippen LogP contribution >= 0.6 is 0 Å². The van der Waals surface area contributed by atoms with Crippen LogP contribution in [0, 0.1) is 0 Å². The maximum atomic E-state index is 14.0. The largest absolute Gasteiger partial charge is 0.460 e. The number of anilines is 1. The lowest BCUT2D eigenvalue weighted by molar-refractivity contribution is -0.423. The molecule has 0 amide bonds. The van der Waals surface area contributed by atoms with Gasteiger partial charge in [-0.15, -0.1) is 0 Å². The molecular weight excluding hydrogens is 431 g/mol. The van der Waals surface area contributed by atoms with Gasteiger partial charge in [0.1, 0.15) is 0 Å². The normalized spacial score (nSPS) is 15.4. The Bertz CT molecular complexity index is 700. The zero-order chi connectivity index (χ0) is 23.1. The molecule has 0 aliphatic heterocycles. The third kappa shape index (κ3) is 4.24. The summed E-state index contributed by atoms with van der Waals surface area (Å²) in [6.45, 7) is 0. The highest BCUT2D eigenvalue weighted by molar-refractivity contribution is 5.53. The molecule has 0 aromatic heterocycles. The Morgan fingerprint density at radius 1 is 0.793 bits per heavy atom. The van der Waals surface area contributed by atoms with Gasteiger partial charge in [0.05, 0.1) is 6.10 Å². The quantitative estimate of drug-likeness (QED) is 0.458. The number of nitrogens with zero attached hydrogens (tertiary/aromatic N) is 1. The minimum absolute atomic E-state index is 0.144. The van der Waals surface area contributed by atoms with Crippen LogP contribution in [0.4, 0.5) is 54.0 Å². The minimum atomic E-state index is -7.43. The molecule has 0 fully saturated rings. The molecule has 0 N–H and O–H groups in total. The van der Waals surface area contributed by atoms with Crippen LogP contribution in [0.5, 0.6) is 0 Å². The zero-order valence-corrected chi connectivity index (χ0v) is 15.1. The topological polar surface area (TPSA) is 12.5 Å². The van der Waals surface area contributed by atoms with Crippen LogP contribution in [0.1, 0.15) is 18.1 Å². The Morgan fingerprint density at radius 3 is 1.69 bits per heavy atom. The van der Waals surface area contributed by atoms with E-state index in [4.69, 9.17) is 0 Å². The van der Waals surface area contributed by atoms with E-state index in [0.717, 1.165) is 13.2 Å². The molecule has 0 radical (unpaired) electrons. The second kappa shape index (κ2) is 7.80. The molecule has 0 spiro atoms. The van der Waals surface area contributed by atoms with Gasteiger partial charge in [0.2, 0.25) is 0 Å². The fraction of sp³-hybridized carbons (Fsp3) is 0.625. The zero-order valence-electron chi connectivity index (χ0n) is 15.1. The maximum absolute atomic E-state index is 14.0. The van der Waals surface area contributed by atoms with Gasteiger partial charge in [0.15, 0.2) is 0 Å². The summed E-state index contributed by atoms with van der Waals surface area (Å²) in [5, 5.41) is 0. The van der Waals surface area contributed by atoms with E-state index >= 15 is 0 Å². The number of methoxy groups -OCH3 is 1. The van der Waals surface area contributed by atoms with Gasteiger partial charge in [-0.2, -0.15) is 48.3 Å². The number of rotatable bonds is 8. The molecule has 29 heavy (non-hydrogen) atoms. The number of benzene rings is 1. The van der Waals surface area contributed by atoms with Crippen molar-refractivity contribution in [2.45, 2.75) is 42.4 Å². The summed E-state index contributed by atoms with van der Waals surface area (Å²) in [6, 6.07) is 5.16. The van der Waals surface area contributed by atoms with E-state index in [1.54, 1.807) is 0 Å². The second-order valence-corrected chi connectivity index (χ2v) is 6.31. The number of halogens is 11. The third-order valence-electron chi connectivity index (χ3n) is 4.10. The molecule has 168 valence electrons. The molecule has 0 heterocycles. The highest BCUT2D eigenvalue weighted by atomic mass is 19.4. The van der Waals surface area contributed by atoms with Crippen LogP contribution in [0.25, 0.3) is 0 Å². The van der Waals surface area contributed by atoms with E-state index in [2.05, 4.69) is 4.74 Å². The van der Waals surface area contributed by atoms with Gasteiger partial charge in [-0.05, 0) is 6.07 Å². The molecule has 0 saturated heterocycles. The van der Waals surface area contributed by atoms with Crippen molar-refractivity contribution in [1.29, 1.82) is 0 Å². The van der Waals surface area contributed by atoms with Crippen molar-refractivity contribution in [3.8, 4) is 0 Å². The average Bonchev–Trinajstić information content (AvgIpc) is 2.58. The molecule has 13 heteroatoms. The van der Waals surface area contributed by atoms with E-state index in [0.29, 0.717) is 0 Å². The number of para-hydroxylation sites is 1. The van der Waals surface area contributed by atoms with Crippen molar-refractivity contribution >= 4 is 5.69 Å². The summed E-state index contributed by atoms with van der Waals surface area (Å²) in [4.78, 5) is 1.34. The average molecular weight is 447 g/mol. The van der Waals surface area contributed by atoms with Gasteiger partial charge in [0.25, 0.3) is 0 Å². The SMILES string of the molecule is COC(CC(F)(F)C(F)(F)C(F)(F)C(F)(F)C(F)(F)F)c1ccccc1N(C)C. The number of hydrogen-bond donors (Lipinski definition) is 0. The summed E-state index contributed by atoms with van der Waals surface area (Å²) in [5.41, 5.74) is -0.0489. The molecule has 2 nitrogen and oxygen atoms in total. The Morgan fingerprint density at radius 2 is 1.28 bits per heavy atom. The van der Waals surface area contributed by atoms with Crippen molar-refractivity contribution in [2.24, 2.45) is 0 Å². The molecule has 1 atom stereocenters. The van der Waals surface area contributed by atoms with E-state index in [1.807, 2.05) is 0 Å². The van der Waals surface area contributed by atoms with Gasteiger partial charge in [-0.25, -0.2) is 0 Å². The van der Waals surface area contributed by atoms with E-state index < -0.39 is 42.4 Å². The summed E-state index contributed by atoms with van der Waals surface area (Å²) in [7, 11) is 3.61. The van der Waals surface area contributed by atoms with Crippen molar-refractivity contribution < 1.29 is 53.0 Å². The van der Waals surface area contributed by atoms with E-state index in [-0.39, 0.29) is 11.3 Å². The van der Waals surface area contributed by atoms with Gasteiger partial charge < -0.3 is 9.64 Å². The molecule has 0 aliphatic carbocycles. The molecular formula is C16H16F11NO. The minimum Gasteiger partial charge on any atom is -0.377 e. The first-order valence-corrected chi connectivity index (χ1v) is 7.72. The summed E-state index contributed by atoms with van der Waals surface area (Å²) in [6.07, 6.45) is -11.5. The highest BCUT2D eigenvalue weighted by Crippen LogP contribution is 2.58. The molecule has 1 rings (SSSR count). The van der Waals surface area contributed by atoms with Crippen molar-refractivity contribution in [3.63, 3.8) is 0 Å². The molecule has 1 unspecified atom stereocenters.